The Morgan fingerprint density at radius 3 is 2.27 bits per heavy atom. The minimum Gasteiger partial charge on any atom is -0.312 e. The Morgan fingerprint density at radius 2 is 1.50 bits per heavy atom. The molecule has 1 heteroatoms. The van der Waals surface area contributed by atoms with Crippen molar-refractivity contribution in [1.82, 2.24) is 5.32 Å². The van der Waals surface area contributed by atoms with E-state index in [0.29, 0.717) is 5.92 Å². The van der Waals surface area contributed by atoms with Gasteiger partial charge in [0.1, 0.15) is 0 Å². The maximum Gasteiger partial charge on any atom is 0.0205 e. The second kappa shape index (κ2) is 6.10. The molecule has 0 heterocycles. The third-order valence-electron chi connectivity index (χ3n) is 5.36. The van der Waals surface area contributed by atoms with Crippen LogP contribution in [0, 0.1) is 17.8 Å². The molecule has 0 spiro atoms. The van der Waals surface area contributed by atoms with Crippen molar-refractivity contribution in [2.75, 3.05) is 6.54 Å². The first-order chi connectivity index (χ1) is 10.9. The fourth-order valence-electron chi connectivity index (χ4n) is 4.35. The lowest BCUT2D eigenvalue weighted by Gasteiger charge is -2.29. The highest BCUT2D eigenvalue weighted by atomic mass is 14.9. The average molecular weight is 289 g/mol. The fraction of sp³-hybridized carbons (Fsp3) is 0.333. The van der Waals surface area contributed by atoms with Gasteiger partial charge in [-0.1, -0.05) is 72.8 Å². The van der Waals surface area contributed by atoms with E-state index in [2.05, 4.69) is 78.1 Å². The number of allylic oxidation sites excluding steroid dienone is 2. The van der Waals surface area contributed by atoms with Gasteiger partial charge in [0.2, 0.25) is 0 Å². The summed E-state index contributed by atoms with van der Waals surface area (Å²) in [5, 5.41) is 3.69. The quantitative estimate of drug-likeness (QED) is 0.805. The van der Waals surface area contributed by atoms with Crippen molar-refractivity contribution in [2.45, 2.75) is 18.9 Å². The number of hydrogen-bond acceptors (Lipinski definition) is 1. The molecule has 2 aliphatic rings. The van der Waals surface area contributed by atoms with Crippen molar-refractivity contribution in [3.8, 4) is 0 Å². The molecule has 22 heavy (non-hydrogen) atoms. The van der Waals surface area contributed by atoms with Crippen LogP contribution in [0.4, 0.5) is 0 Å². The third kappa shape index (κ3) is 2.62. The second-order valence-corrected chi connectivity index (χ2v) is 6.67. The van der Waals surface area contributed by atoms with Crippen molar-refractivity contribution in [3.63, 3.8) is 0 Å². The molecule has 2 aromatic rings. The van der Waals surface area contributed by atoms with Crippen LogP contribution in [-0.2, 0) is 6.54 Å². The van der Waals surface area contributed by atoms with Crippen LogP contribution in [0.2, 0.25) is 0 Å². The zero-order valence-electron chi connectivity index (χ0n) is 12.9. The van der Waals surface area contributed by atoms with Gasteiger partial charge in [-0.3, -0.25) is 0 Å². The van der Waals surface area contributed by atoms with Crippen LogP contribution in [0.3, 0.4) is 0 Å². The van der Waals surface area contributed by atoms with Crippen molar-refractivity contribution < 1.29 is 0 Å². The van der Waals surface area contributed by atoms with Crippen molar-refractivity contribution in [3.05, 3.63) is 83.9 Å². The summed E-state index contributed by atoms with van der Waals surface area (Å²) in [6, 6.07) is 21.8. The van der Waals surface area contributed by atoms with E-state index in [9.17, 15) is 0 Å². The summed E-state index contributed by atoms with van der Waals surface area (Å²) in [5.74, 6) is 2.94. The Labute approximate surface area is 133 Å². The van der Waals surface area contributed by atoms with Crippen LogP contribution in [0.15, 0.2) is 72.8 Å². The smallest absolute Gasteiger partial charge is 0.0205 e. The molecule has 4 unspecified atom stereocenters. The van der Waals surface area contributed by atoms with Gasteiger partial charge in [-0.2, -0.15) is 0 Å². The van der Waals surface area contributed by atoms with Gasteiger partial charge in [0.05, 0.1) is 0 Å². The van der Waals surface area contributed by atoms with E-state index < -0.39 is 0 Å². The number of fused-ring (bicyclic) bond motifs is 2. The molecule has 1 fully saturated rings. The van der Waals surface area contributed by atoms with E-state index in [1.807, 2.05) is 0 Å². The van der Waals surface area contributed by atoms with Crippen LogP contribution < -0.4 is 5.32 Å². The van der Waals surface area contributed by atoms with Crippen LogP contribution in [0.1, 0.15) is 23.5 Å². The number of benzene rings is 2. The highest BCUT2D eigenvalue weighted by molar-refractivity contribution is 5.29. The lowest BCUT2D eigenvalue weighted by atomic mass is 9.78. The van der Waals surface area contributed by atoms with Gasteiger partial charge in [0.25, 0.3) is 0 Å². The molecule has 1 saturated carbocycles. The minimum absolute atomic E-state index is 0.694. The van der Waals surface area contributed by atoms with E-state index in [1.165, 1.54) is 17.5 Å². The summed E-state index contributed by atoms with van der Waals surface area (Å²) in [4.78, 5) is 0. The third-order valence-corrected chi connectivity index (χ3v) is 5.36. The summed E-state index contributed by atoms with van der Waals surface area (Å²) in [5.41, 5.74) is 2.89. The van der Waals surface area contributed by atoms with Crippen LogP contribution in [0.5, 0.6) is 0 Å². The maximum absolute atomic E-state index is 3.69. The molecule has 0 amide bonds. The van der Waals surface area contributed by atoms with Gasteiger partial charge in [0.15, 0.2) is 0 Å². The Hall–Kier alpha value is -1.86. The Morgan fingerprint density at radius 1 is 0.818 bits per heavy atom. The molecule has 2 aromatic carbocycles. The molecular formula is C21H23N. The van der Waals surface area contributed by atoms with E-state index >= 15 is 0 Å². The lowest BCUT2D eigenvalue weighted by molar-refractivity contribution is 0.370. The van der Waals surface area contributed by atoms with Gasteiger partial charge in [0, 0.05) is 6.54 Å². The largest absolute Gasteiger partial charge is 0.312 e. The van der Waals surface area contributed by atoms with Gasteiger partial charge < -0.3 is 5.32 Å². The van der Waals surface area contributed by atoms with Crippen molar-refractivity contribution in [1.29, 1.82) is 0 Å². The monoisotopic (exact) mass is 289 g/mol. The first-order valence-corrected chi connectivity index (χ1v) is 8.40. The average Bonchev–Trinajstić information content (AvgIpc) is 3.18. The molecule has 4 rings (SSSR count). The van der Waals surface area contributed by atoms with Crippen LogP contribution >= 0.6 is 0 Å². The summed E-state index contributed by atoms with van der Waals surface area (Å²) >= 11 is 0. The molecule has 4 atom stereocenters. The highest BCUT2D eigenvalue weighted by Gasteiger charge is 2.44. The molecule has 2 bridgehead atoms. The SMILES string of the molecule is C1=CC2CC1C(CNCc1ccccc1)C2c1ccccc1. The topological polar surface area (TPSA) is 12.0 Å². The van der Waals surface area contributed by atoms with E-state index in [-0.39, 0.29) is 0 Å². The number of rotatable bonds is 5. The highest BCUT2D eigenvalue weighted by Crippen LogP contribution is 2.52. The van der Waals surface area contributed by atoms with Gasteiger partial charge in [-0.15, -0.1) is 0 Å². The standard InChI is InChI=1S/C21H23N/c1-3-7-16(8-4-1)14-22-15-20-18-11-12-19(13-18)21(20)17-9-5-2-6-10-17/h1-12,18-22H,13-15H2. The molecule has 1 N–H and O–H groups in total. The van der Waals surface area contributed by atoms with Gasteiger partial charge in [-0.05, 0) is 47.8 Å². The predicted molar refractivity (Wildman–Crippen MR) is 91.6 cm³/mol. The van der Waals surface area contributed by atoms with Gasteiger partial charge in [-0.25, -0.2) is 0 Å². The summed E-state index contributed by atoms with van der Waals surface area (Å²) in [6.07, 6.45) is 6.26. The first-order valence-electron chi connectivity index (χ1n) is 8.40. The Balaban J connectivity index is 1.45. The summed E-state index contributed by atoms with van der Waals surface area (Å²) in [6.45, 7) is 2.08. The van der Waals surface area contributed by atoms with Crippen molar-refractivity contribution in [2.24, 2.45) is 17.8 Å². The van der Waals surface area contributed by atoms with Gasteiger partial charge >= 0.3 is 0 Å². The predicted octanol–water partition coefficient (Wildman–Crippen LogP) is 4.38. The molecule has 0 aliphatic heterocycles. The summed E-state index contributed by atoms with van der Waals surface area (Å²) in [7, 11) is 0. The maximum atomic E-state index is 3.69. The molecule has 2 aliphatic carbocycles. The zero-order valence-corrected chi connectivity index (χ0v) is 12.9. The number of nitrogens with one attached hydrogen (secondary N) is 1. The van der Waals surface area contributed by atoms with E-state index in [4.69, 9.17) is 0 Å². The van der Waals surface area contributed by atoms with Crippen LogP contribution in [-0.4, -0.2) is 6.54 Å². The van der Waals surface area contributed by atoms with Crippen LogP contribution in [0.25, 0.3) is 0 Å². The summed E-state index contributed by atoms with van der Waals surface area (Å²) < 4.78 is 0. The molecule has 0 aromatic heterocycles. The molecule has 112 valence electrons. The number of hydrogen-bond donors (Lipinski definition) is 1. The molecule has 1 nitrogen and oxygen atoms in total. The fourth-order valence-corrected chi connectivity index (χ4v) is 4.35. The normalized spacial score (nSPS) is 29.1. The zero-order chi connectivity index (χ0) is 14.8. The molecule has 0 radical (unpaired) electrons. The Kier molecular flexibility index (Phi) is 3.82. The van der Waals surface area contributed by atoms with E-state index in [1.54, 1.807) is 0 Å². The second-order valence-electron chi connectivity index (χ2n) is 6.67. The molecule has 0 saturated heterocycles. The van der Waals surface area contributed by atoms with Crippen molar-refractivity contribution >= 4 is 0 Å². The molecular weight excluding hydrogens is 266 g/mol. The first kappa shape index (κ1) is 13.8. The minimum atomic E-state index is 0.694. The lowest BCUT2D eigenvalue weighted by Crippen LogP contribution is -2.29. The van der Waals surface area contributed by atoms with E-state index in [0.717, 1.165) is 30.8 Å². The Bertz CT molecular complexity index is 631.